The molecule has 0 aromatic rings. The van der Waals surface area contributed by atoms with Crippen molar-refractivity contribution in [3.8, 4) is 0 Å². The summed E-state index contributed by atoms with van der Waals surface area (Å²) in [6.45, 7) is 3.77. The van der Waals surface area contributed by atoms with Gasteiger partial charge in [-0.3, -0.25) is 4.79 Å². The summed E-state index contributed by atoms with van der Waals surface area (Å²) in [6.07, 6.45) is 20.2. The molecule has 0 unspecified atom stereocenters. The minimum Gasteiger partial charge on any atom is -0.367 e. The first-order chi connectivity index (χ1) is 13.7. The van der Waals surface area contributed by atoms with Crippen molar-refractivity contribution in [1.82, 2.24) is 10.6 Å². The summed E-state index contributed by atoms with van der Waals surface area (Å²) in [5.74, 6) is 0.136. The first kappa shape index (κ1) is 27.4. The van der Waals surface area contributed by atoms with Crippen molar-refractivity contribution < 1.29 is 15.0 Å². The number of aliphatic hydroxyl groups is 2. The van der Waals surface area contributed by atoms with Gasteiger partial charge in [-0.25, -0.2) is 0 Å². The quantitative estimate of drug-likeness (QED) is 0.157. The first-order valence-electron chi connectivity index (χ1n) is 12.0. The van der Waals surface area contributed by atoms with Crippen LogP contribution in [0, 0.1) is 0 Å². The Labute approximate surface area is 174 Å². The Bertz CT molecular complexity index is 325. The highest BCUT2D eigenvalue weighted by molar-refractivity contribution is 5.75. The molecule has 1 amide bonds. The van der Waals surface area contributed by atoms with Crippen LogP contribution in [-0.4, -0.2) is 42.0 Å². The number of unbranched alkanes of at least 4 members (excludes halogenated alkanes) is 14. The van der Waals surface area contributed by atoms with Gasteiger partial charge < -0.3 is 20.8 Å². The van der Waals surface area contributed by atoms with E-state index in [4.69, 9.17) is 10.2 Å². The zero-order valence-electron chi connectivity index (χ0n) is 18.5. The monoisotopic (exact) mass is 400 g/mol. The number of aliphatic hydroxyl groups excluding tert-OH is 1. The molecule has 0 aromatic heterocycles. The summed E-state index contributed by atoms with van der Waals surface area (Å²) in [6, 6.07) is 0. The average Bonchev–Trinajstić information content (AvgIpc) is 2.67. The molecule has 0 spiro atoms. The predicted molar refractivity (Wildman–Crippen MR) is 118 cm³/mol. The van der Waals surface area contributed by atoms with E-state index in [-0.39, 0.29) is 12.5 Å². The second kappa shape index (κ2) is 22.6. The van der Waals surface area contributed by atoms with Crippen molar-refractivity contribution in [3.05, 3.63) is 0 Å². The lowest BCUT2D eigenvalue weighted by Crippen LogP contribution is -2.30. The molecule has 0 aromatic carbocycles. The van der Waals surface area contributed by atoms with Crippen LogP contribution >= 0.6 is 0 Å². The fourth-order valence-electron chi connectivity index (χ4n) is 3.42. The molecular formula is C23H48N2O3. The predicted octanol–water partition coefficient (Wildman–Crippen LogP) is 4.65. The second-order valence-electron chi connectivity index (χ2n) is 8.09. The van der Waals surface area contributed by atoms with Gasteiger partial charge in [0.05, 0.1) is 0 Å². The number of rotatable bonds is 22. The van der Waals surface area contributed by atoms with Gasteiger partial charge in [-0.05, 0) is 19.4 Å². The summed E-state index contributed by atoms with van der Waals surface area (Å²) in [5.41, 5.74) is 0. The second-order valence-corrected chi connectivity index (χ2v) is 8.09. The number of nitrogens with one attached hydrogen (secondary N) is 2. The zero-order valence-corrected chi connectivity index (χ0v) is 18.5. The van der Waals surface area contributed by atoms with E-state index >= 15 is 0 Å². The largest absolute Gasteiger partial charge is 0.367 e. The van der Waals surface area contributed by atoms with E-state index < -0.39 is 6.29 Å². The van der Waals surface area contributed by atoms with Crippen molar-refractivity contribution in [2.24, 2.45) is 0 Å². The van der Waals surface area contributed by atoms with E-state index in [9.17, 15) is 4.79 Å². The van der Waals surface area contributed by atoms with Crippen molar-refractivity contribution in [3.63, 3.8) is 0 Å². The lowest BCUT2D eigenvalue weighted by atomic mass is 10.0. The summed E-state index contributed by atoms with van der Waals surface area (Å²) < 4.78 is 0. The molecule has 0 rings (SSSR count). The molecule has 0 atom stereocenters. The smallest absolute Gasteiger partial charge is 0.219 e. The Kier molecular flexibility index (Phi) is 22.1. The summed E-state index contributed by atoms with van der Waals surface area (Å²) in [4.78, 5) is 11.7. The van der Waals surface area contributed by atoms with Gasteiger partial charge in [-0.15, -0.1) is 0 Å². The Morgan fingerprint density at radius 3 is 1.61 bits per heavy atom. The van der Waals surface area contributed by atoms with Crippen LogP contribution in [0.2, 0.25) is 0 Å². The third-order valence-corrected chi connectivity index (χ3v) is 5.19. The van der Waals surface area contributed by atoms with E-state index in [1.54, 1.807) is 0 Å². The minimum absolute atomic E-state index is 0.136. The van der Waals surface area contributed by atoms with Crippen LogP contribution in [0.1, 0.15) is 116 Å². The van der Waals surface area contributed by atoms with Crippen LogP contribution in [0.15, 0.2) is 0 Å². The van der Waals surface area contributed by atoms with Gasteiger partial charge in [-0.1, -0.05) is 96.8 Å². The molecule has 0 saturated carbocycles. The van der Waals surface area contributed by atoms with Gasteiger partial charge in [0.1, 0.15) is 0 Å². The molecule has 0 fully saturated rings. The molecule has 168 valence electrons. The molecule has 0 bridgehead atoms. The van der Waals surface area contributed by atoms with Crippen molar-refractivity contribution in [2.45, 2.75) is 122 Å². The van der Waals surface area contributed by atoms with Gasteiger partial charge in [0.2, 0.25) is 5.91 Å². The van der Waals surface area contributed by atoms with Crippen molar-refractivity contribution in [1.29, 1.82) is 0 Å². The highest BCUT2D eigenvalue weighted by atomic mass is 16.5. The molecule has 5 nitrogen and oxygen atoms in total. The van der Waals surface area contributed by atoms with Crippen LogP contribution in [0.3, 0.4) is 0 Å². The maximum atomic E-state index is 11.7. The molecule has 0 aliphatic carbocycles. The number of carbonyl (C=O) groups excluding carboxylic acids is 1. The Morgan fingerprint density at radius 1 is 0.679 bits per heavy atom. The average molecular weight is 401 g/mol. The van der Waals surface area contributed by atoms with E-state index in [1.807, 2.05) is 0 Å². The standard InChI is InChI=1S/C23H48N2O3/c1-2-3-4-5-6-7-8-9-10-11-12-13-14-15-16-18-22(26)25-20-17-19-24-21-23(27)28/h23-24,27-28H,2-21H2,1H3,(H,25,26). The third kappa shape index (κ3) is 23.4. The fraction of sp³-hybridized carbons (Fsp3) is 0.957. The maximum Gasteiger partial charge on any atom is 0.219 e. The number of hydrogen-bond donors (Lipinski definition) is 4. The van der Waals surface area contributed by atoms with Crippen LogP contribution < -0.4 is 10.6 Å². The Hall–Kier alpha value is -0.650. The van der Waals surface area contributed by atoms with Gasteiger partial charge >= 0.3 is 0 Å². The van der Waals surface area contributed by atoms with E-state index in [2.05, 4.69) is 17.6 Å². The number of carbonyl (C=O) groups is 1. The number of hydrogen-bond acceptors (Lipinski definition) is 4. The Balaban J connectivity index is 3.13. The molecule has 5 heteroatoms. The molecule has 0 radical (unpaired) electrons. The topological polar surface area (TPSA) is 81.6 Å². The SMILES string of the molecule is CCCCCCCCCCCCCCCCCC(=O)NCCCNCC(O)O. The lowest BCUT2D eigenvalue weighted by molar-refractivity contribution is -0.121. The molecule has 0 aliphatic heterocycles. The third-order valence-electron chi connectivity index (χ3n) is 5.19. The van der Waals surface area contributed by atoms with Crippen LogP contribution in [0.4, 0.5) is 0 Å². The molecule has 0 saturated heterocycles. The van der Waals surface area contributed by atoms with Crippen LogP contribution in [-0.2, 0) is 4.79 Å². The highest BCUT2D eigenvalue weighted by Gasteiger charge is 2.01. The minimum atomic E-state index is -1.31. The summed E-state index contributed by atoms with van der Waals surface area (Å²) in [5, 5.41) is 23.2. The lowest BCUT2D eigenvalue weighted by Gasteiger charge is -2.07. The van der Waals surface area contributed by atoms with E-state index in [0.29, 0.717) is 19.5 Å². The summed E-state index contributed by atoms with van der Waals surface area (Å²) in [7, 11) is 0. The van der Waals surface area contributed by atoms with Gasteiger partial charge in [0, 0.05) is 19.5 Å². The van der Waals surface area contributed by atoms with Crippen molar-refractivity contribution in [2.75, 3.05) is 19.6 Å². The van der Waals surface area contributed by atoms with Crippen molar-refractivity contribution >= 4 is 5.91 Å². The van der Waals surface area contributed by atoms with Crippen LogP contribution in [0.5, 0.6) is 0 Å². The summed E-state index contributed by atoms with van der Waals surface area (Å²) >= 11 is 0. The molecule has 4 N–H and O–H groups in total. The molecular weight excluding hydrogens is 352 g/mol. The van der Waals surface area contributed by atoms with Gasteiger partial charge in [0.25, 0.3) is 0 Å². The zero-order chi connectivity index (χ0) is 20.7. The highest BCUT2D eigenvalue weighted by Crippen LogP contribution is 2.13. The van der Waals surface area contributed by atoms with Crippen LogP contribution in [0.25, 0.3) is 0 Å². The molecule has 28 heavy (non-hydrogen) atoms. The molecule has 0 heterocycles. The van der Waals surface area contributed by atoms with E-state index in [1.165, 1.54) is 83.5 Å². The van der Waals surface area contributed by atoms with E-state index in [0.717, 1.165) is 19.3 Å². The van der Waals surface area contributed by atoms with Gasteiger partial charge in [-0.2, -0.15) is 0 Å². The number of amides is 1. The first-order valence-corrected chi connectivity index (χ1v) is 12.0. The maximum absolute atomic E-state index is 11.7. The normalized spacial score (nSPS) is 11.3. The molecule has 0 aliphatic rings. The Morgan fingerprint density at radius 2 is 1.14 bits per heavy atom. The van der Waals surface area contributed by atoms with Gasteiger partial charge in [0.15, 0.2) is 6.29 Å². The fourth-order valence-corrected chi connectivity index (χ4v) is 3.42.